The van der Waals surface area contributed by atoms with Crippen molar-refractivity contribution in [3.8, 4) is 0 Å². The number of epoxide rings is 1. The van der Waals surface area contributed by atoms with E-state index in [4.69, 9.17) is 23.4 Å². The molecule has 3 aliphatic heterocycles. The summed E-state index contributed by atoms with van der Waals surface area (Å²) < 4.78 is 32.1. The summed E-state index contributed by atoms with van der Waals surface area (Å²) >= 11 is 0. The number of aliphatic hydroxyl groups excluding tert-OH is 1. The van der Waals surface area contributed by atoms with Crippen molar-refractivity contribution in [3.05, 3.63) is 0 Å². The highest BCUT2D eigenvalue weighted by atomic mass is 28.4. The zero-order valence-corrected chi connectivity index (χ0v) is 26.6. The maximum Gasteiger partial charge on any atom is 0.311 e. The molecule has 0 amide bonds. The van der Waals surface area contributed by atoms with Crippen molar-refractivity contribution >= 4 is 14.3 Å². The van der Waals surface area contributed by atoms with Crippen molar-refractivity contribution in [1.29, 1.82) is 0 Å². The third-order valence-electron chi connectivity index (χ3n) is 9.83. The second kappa shape index (κ2) is 10.5. The fourth-order valence-corrected chi connectivity index (χ4v) is 7.50. The monoisotopic (exact) mass is 542 g/mol. The summed E-state index contributed by atoms with van der Waals surface area (Å²) in [7, 11) is -2.19. The van der Waals surface area contributed by atoms with Gasteiger partial charge in [0.2, 0.25) is 0 Å². The lowest BCUT2D eigenvalue weighted by Crippen LogP contribution is -2.58. The van der Waals surface area contributed by atoms with E-state index in [1.54, 1.807) is 0 Å². The Morgan fingerprint density at radius 3 is 2.00 bits per heavy atom. The van der Waals surface area contributed by atoms with Gasteiger partial charge in [0.25, 0.3) is 0 Å². The van der Waals surface area contributed by atoms with Crippen LogP contribution in [0.3, 0.4) is 0 Å². The van der Waals surface area contributed by atoms with Crippen LogP contribution in [0.15, 0.2) is 0 Å². The van der Waals surface area contributed by atoms with Gasteiger partial charge in [0.05, 0.1) is 36.9 Å². The van der Waals surface area contributed by atoms with Crippen LogP contribution in [0, 0.1) is 29.6 Å². The lowest BCUT2D eigenvalue weighted by molar-refractivity contribution is -0.334. The second-order valence-corrected chi connectivity index (χ2v) is 19.2. The summed E-state index contributed by atoms with van der Waals surface area (Å²) in [4.78, 5) is 13.3. The average Bonchev–Trinajstić information content (AvgIpc) is 3.55. The third kappa shape index (κ3) is 6.30. The van der Waals surface area contributed by atoms with Crippen LogP contribution in [-0.4, -0.2) is 67.9 Å². The van der Waals surface area contributed by atoms with Crippen LogP contribution in [0.25, 0.3) is 0 Å². The number of rotatable bonds is 2. The average molecular weight is 543 g/mol. The molecule has 0 unspecified atom stereocenters. The van der Waals surface area contributed by atoms with Gasteiger partial charge in [-0.25, -0.2) is 0 Å². The van der Waals surface area contributed by atoms with Gasteiger partial charge in [0.15, 0.2) is 14.1 Å². The highest BCUT2D eigenvalue weighted by molar-refractivity contribution is 6.74. The van der Waals surface area contributed by atoms with Gasteiger partial charge < -0.3 is 28.5 Å². The molecule has 3 fully saturated rings. The van der Waals surface area contributed by atoms with E-state index in [-0.39, 0.29) is 53.0 Å². The molecule has 0 aliphatic carbocycles. The topological polar surface area (TPSA) is 86.8 Å². The second-order valence-electron chi connectivity index (χ2n) is 14.4. The number of carbonyl (C=O) groups excluding carboxylic acids is 1. The third-order valence-corrected chi connectivity index (χ3v) is 14.3. The van der Waals surface area contributed by atoms with Gasteiger partial charge >= 0.3 is 5.97 Å². The smallest absolute Gasteiger partial charge is 0.311 e. The van der Waals surface area contributed by atoms with Crippen LogP contribution >= 0.6 is 0 Å². The molecule has 0 saturated carbocycles. The molecule has 3 rings (SSSR count). The maximum atomic E-state index is 13.3. The largest absolute Gasteiger partial charge is 0.462 e. The molecule has 1 N–H and O–H groups in total. The molecule has 3 heterocycles. The molecule has 216 valence electrons. The molecule has 7 nitrogen and oxygen atoms in total. The van der Waals surface area contributed by atoms with Gasteiger partial charge in [-0.3, -0.25) is 4.79 Å². The Morgan fingerprint density at radius 1 is 0.946 bits per heavy atom. The number of cyclic esters (lactones) is 1. The van der Waals surface area contributed by atoms with Crippen molar-refractivity contribution in [2.24, 2.45) is 29.6 Å². The van der Waals surface area contributed by atoms with Crippen LogP contribution in [0.5, 0.6) is 0 Å². The van der Waals surface area contributed by atoms with Crippen LogP contribution in [0.4, 0.5) is 0 Å². The van der Waals surface area contributed by atoms with Crippen LogP contribution in [-0.2, 0) is 28.2 Å². The van der Waals surface area contributed by atoms with E-state index in [1.807, 2.05) is 34.6 Å². The van der Waals surface area contributed by atoms with Gasteiger partial charge in [-0.2, -0.15) is 0 Å². The molecule has 37 heavy (non-hydrogen) atoms. The SMILES string of the molecule is C[C@@H]1[C@H]2OC(C)(C)O[C@@H]1[C@@H](C)C(=O)O[C@H](C)[C@H](C)[C@H](O)[C@@H](C)[C@H](O[Si](C)(C)C(C)(C)C)[C@]1(CO1)C[C@@H]2C. The van der Waals surface area contributed by atoms with Crippen molar-refractivity contribution in [3.63, 3.8) is 0 Å². The van der Waals surface area contributed by atoms with Gasteiger partial charge in [-0.05, 0) is 58.2 Å². The summed E-state index contributed by atoms with van der Waals surface area (Å²) in [6.45, 7) is 27.7. The van der Waals surface area contributed by atoms with E-state index in [0.717, 1.165) is 6.42 Å². The molecule has 11 atom stereocenters. The molecule has 8 heteroatoms. The molecule has 0 aromatic carbocycles. The first-order chi connectivity index (χ1) is 16.7. The lowest BCUT2D eigenvalue weighted by atomic mass is 9.75. The number of fused-ring (bicyclic) bond motifs is 2. The number of esters is 1. The maximum absolute atomic E-state index is 13.3. The number of ether oxygens (including phenoxy) is 4. The Balaban J connectivity index is 2.06. The number of carbonyl (C=O) groups is 1. The molecular formula is C29H54O7Si. The summed E-state index contributed by atoms with van der Waals surface area (Å²) in [5.41, 5.74) is -0.480. The van der Waals surface area contributed by atoms with Crippen molar-refractivity contribution < 1.29 is 33.3 Å². The molecule has 3 aliphatic rings. The minimum Gasteiger partial charge on any atom is -0.462 e. The highest BCUT2D eigenvalue weighted by Gasteiger charge is 2.60. The standard InChI is InChI=1S/C29H54O7Si/c1-16-14-29(15-32-29)25(36-37(12,13)27(7,8)9)18(3)22(30)17(2)21(6)33-26(31)20(5)24-19(4)23(16)34-28(10,11)35-24/h16-25,30H,14-15H2,1-13H3/t16-,17-,18+,19+,20+,21+,22-,23-,24-,25-,29+/m0/s1. The zero-order chi connectivity index (χ0) is 28.3. The molecular weight excluding hydrogens is 488 g/mol. The fraction of sp³-hybridized carbons (Fsp3) is 0.966. The van der Waals surface area contributed by atoms with Crippen molar-refractivity contribution in [1.82, 2.24) is 0 Å². The van der Waals surface area contributed by atoms with E-state index in [0.29, 0.717) is 6.61 Å². The summed E-state index contributed by atoms with van der Waals surface area (Å²) in [5, 5.41) is 11.6. The highest BCUT2D eigenvalue weighted by Crippen LogP contribution is 2.50. The van der Waals surface area contributed by atoms with Crippen LogP contribution < -0.4 is 0 Å². The Kier molecular flexibility index (Phi) is 8.78. The molecule has 1 spiro atoms. The molecule has 0 radical (unpaired) electrons. The zero-order valence-electron chi connectivity index (χ0n) is 25.6. The first kappa shape index (κ1) is 31.0. The number of hydrogen-bond donors (Lipinski definition) is 1. The molecule has 0 aromatic rings. The number of aliphatic hydroxyl groups is 1. The number of hydrogen-bond acceptors (Lipinski definition) is 7. The van der Waals surface area contributed by atoms with Gasteiger partial charge in [0, 0.05) is 17.8 Å². The normalized spacial score (nSPS) is 45.7. The van der Waals surface area contributed by atoms with Crippen LogP contribution in [0.2, 0.25) is 18.1 Å². The fourth-order valence-electron chi connectivity index (χ4n) is 6.08. The van der Waals surface area contributed by atoms with Crippen LogP contribution in [0.1, 0.15) is 82.6 Å². The summed E-state index contributed by atoms with van der Waals surface area (Å²) in [6.07, 6.45) is -1.18. The molecule has 3 saturated heterocycles. The van der Waals surface area contributed by atoms with Crippen molar-refractivity contribution in [2.75, 3.05) is 6.61 Å². The predicted octanol–water partition coefficient (Wildman–Crippen LogP) is 5.54. The Bertz CT molecular complexity index is 818. The lowest BCUT2D eigenvalue weighted by Gasteiger charge is -2.50. The Hall–Kier alpha value is -0.513. The van der Waals surface area contributed by atoms with E-state index in [2.05, 4.69) is 54.6 Å². The summed E-state index contributed by atoms with van der Waals surface area (Å²) in [6, 6.07) is 0. The minimum absolute atomic E-state index is 0.0125. The van der Waals surface area contributed by atoms with Crippen molar-refractivity contribution in [2.45, 2.75) is 143 Å². The first-order valence-corrected chi connectivity index (χ1v) is 17.2. The molecule has 2 bridgehead atoms. The quantitative estimate of drug-likeness (QED) is 0.278. The van der Waals surface area contributed by atoms with Gasteiger partial charge in [0.1, 0.15) is 11.7 Å². The van der Waals surface area contributed by atoms with E-state index in [9.17, 15) is 9.90 Å². The Labute approximate surface area is 226 Å². The minimum atomic E-state index is -2.19. The summed E-state index contributed by atoms with van der Waals surface area (Å²) in [5.74, 6) is -1.95. The van der Waals surface area contributed by atoms with Gasteiger partial charge in [-0.1, -0.05) is 48.5 Å². The van der Waals surface area contributed by atoms with E-state index >= 15 is 0 Å². The predicted molar refractivity (Wildman–Crippen MR) is 147 cm³/mol. The van der Waals surface area contributed by atoms with E-state index in [1.165, 1.54) is 0 Å². The Morgan fingerprint density at radius 2 is 1.49 bits per heavy atom. The van der Waals surface area contributed by atoms with Gasteiger partial charge in [-0.15, -0.1) is 0 Å². The first-order valence-electron chi connectivity index (χ1n) is 14.3. The van der Waals surface area contributed by atoms with E-state index < -0.39 is 37.8 Å². The molecule has 0 aromatic heterocycles.